The Morgan fingerprint density at radius 1 is 1.05 bits per heavy atom. The second-order valence-corrected chi connectivity index (χ2v) is 12.3. The van der Waals surface area contributed by atoms with Gasteiger partial charge >= 0.3 is 6.18 Å². The molecular weight excluding hydrogens is 533 g/mol. The lowest BCUT2D eigenvalue weighted by Crippen LogP contribution is -2.40. The molecule has 2 aromatic carbocycles. The van der Waals surface area contributed by atoms with E-state index in [-0.39, 0.29) is 6.04 Å². The lowest BCUT2D eigenvalue weighted by Gasteiger charge is -2.34. The van der Waals surface area contributed by atoms with E-state index in [4.69, 9.17) is 0 Å². The number of Topliss-reactive ketones (excluding diaryl/α,β-unsaturated/α-hetero) is 2. The number of nitrogens with zero attached hydrogens (tertiary/aromatic N) is 1. The van der Waals surface area contributed by atoms with Gasteiger partial charge in [-0.2, -0.15) is 23.8 Å². The first kappa shape index (κ1) is 29.3. The van der Waals surface area contributed by atoms with Crippen LogP contribution in [0.5, 0.6) is 0 Å². The van der Waals surface area contributed by atoms with E-state index in [1.165, 1.54) is 24.8 Å². The highest BCUT2D eigenvalue weighted by Crippen LogP contribution is 2.49. The average molecular weight is 567 g/mol. The fourth-order valence-corrected chi connectivity index (χ4v) is 6.59. The minimum atomic E-state index is -4.73. The molecule has 1 amide bonds. The lowest BCUT2D eigenvalue weighted by molar-refractivity contribution is -0.144. The first-order chi connectivity index (χ1) is 18.4. The predicted molar refractivity (Wildman–Crippen MR) is 142 cm³/mol. The van der Waals surface area contributed by atoms with Crippen molar-refractivity contribution in [2.24, 2.45) is 0 Å². The van der Waals surface area contributed by atoms with E-state index in [1.807, 2.05) is 12.1 Å². The Kier molecular flexibility index (Phi) is 8.85. The third-order valence-corrected chi connectivity index (χ3v) is 9.21. The molecule has 1 heterocycles. The number of fused-ring (bicyclic) bond motifs is 1. The normalized spacial score (nSPS) is 19.6. The van der Waals surface area contributed by atoms with Crippen molar-refractivity contribution in [3.63, 3.8) is 0 Å². The Morgan fingerprint density at radius 2 is 1.77 bits per heavy atom. The zero-order valence-electron chi connectivity index (χ0n) is 21.7. The summed E-state index contributed by atoms with van der Waals surface area (Å²) in [5, 5.41) is 2.60. The molecular formula is C28H33F3N2O5S. The van der Waals surface area contributed by atoms with Crippen molar-refractivity contribution in [1.82, 2.24) is 10.2 Å². The number of likely N-dealkylation sites (tertiary alicyclic amines) is 1. The van der Waals surface area contributed by atoms with Crippen LogP contribution in [0.25, 0.3) is 0 Å². The Morgan fingerprint density at radius 3 is 2.46 bits per heavy atom. The van der Waals surface area contributed by atoms with Gasteiger partial charge in [0.1, 0.15) is 5.75 Å². The predicted octanol–water partition coefficient (Wildman–Crippen LogP) is 5.69. The van der Waals surface area contributed by atoms with Crippen LogP contribution < -0.4 is 5.32 Å². The Labute approximate surface area is 227 Å². The van der Waals surface area contributed by atoms with Crippen molar-refractivity contribution >= 4 is 28.1 Å². The van der Waals surface area contributed by atoms with Gasteiger partial charge in [-0.15, -0.1) is 0 Å². The van der Waals surface area contributed by atoms with Crippen LogP contribution in [-0.4, -0.2) is 50.3 Å². The van der Waals surface area contributed by atoms with E-state index >= 15 is 0 Å². The van der Waals surface area contributed by atoms with Crippen LogP contribution in [-0.2, 0) is 27.0 Å². The number of amides is 1. The average Bonchev–Trinajstić information content (AvgIpc) is 2.92. The van der Waals surface area contributed by atoms with Crippen LogP contribution in [0.15, 0.2) is 47.4 Å². The van der Waals surface area contributed by atoms with E-state index in [0.717, 1.165) is 55.3 Å². The van der Waals surface area contributed by atoms with Crippen LogP contribution >= 0.6 is 10.6 Å². The number of hydrogen-bond donors (Lipinski definition) is 3. The summed E-state index contributed by atoms with van der Waals surface area (Å²) in [6.45, 7) is 4.31. The molecule has 7 nitrogen and oxygen atoms in total. The van der Waals surface area contributed by atoms with Gasteiger partial charge in [-0.25, -0.2) is 0 Å². The van der Waals surface area contributed by atoms with Gasteiger partial charge in [0, 0.05) is 6.04 Å². The number of carbonyl (C=O) groups excluding carboxylic acids is 3. The standard InChI is InChI=1S/C28H33F3N2O5S/c1-18(33-13-3-2-4-14-33)19-11-12-23-20(15-19)7-5-10-24(23)32-27(36)26(35)25(34)17-39(37,38)22-9-6-8-21(16-22)28(29,30)31/h6,8-9,11-12,15-16,18,24,37-38H,2-5,7,10,13-14,17H2,1H3,(H,32,36)/t18-,24-/m1/s1. The molecule has 4 rings (SSSR count). The van der Waals surface area contributed by atoms with Crippen molar-refractivity contribution in [3.05, 3.63) is 64.7 Å². The Hall–Kier alpha value is -2.73. The minimum absolute atomic E-state index is 0.265. The summed E-state index contributed by atoms with van der Waals surface area (Å²) in [6, 6.07) is 9.18. The Balaban J connectivity index is 1.41. The number of benzene rings is 2. The van der Waals surface area contributed by atoms with E-state index < -0.39 is 56.5 Å². The van der Waals surface area contributed by atoms with Gasteiger partial charge in [0.2, 0.25) is 5.78 Å². The molecule has 0 spiro atoms. The first-order valence-electron chi connectivity index (χ1n) is 13.0. The molecule has 2 aromatic rings. The van der Waals surface area contributed by atoms with Gasteiger partial charge in [0.05, 0.1) is 16.5 Å². The molecule has 0 bridgehead atoms. The monoisotopic (exact) mass is 566 g/mol. The molecule has 1 saturated heterocycles. The summed E-state index contributed by atoms with van der Waals surface area (Å²) < 4.78 is 59.7. The molecule has 1 fully saturated rings. The number of rotatable bonds is 8. The van der Waals surface area contributed by atoms with E-state index in [9.17, 15) is 36.7 Å². The zero-order valence-corrected chi connectivity index (χ0v) is 22.5. The summed E-state index contributed by atoms with van der Waals surface area (Å²) in [4.78, 5) is 39.6. The van der Waals surface area contributed by atoms with Gasteiger partial charge in [-0.3, -0.25) is 28.4 Å². The molecule has 0 aromatic heterocycles. The van der Waals surface area contributed by atoms with E-state index in [2.05, 4.69) is 23.2 Å². The zero-order chi connectivity index (χ0) is 28.4. The molecule has 39 heavy (non-hydrogen) atoms. The minimum Gasteiger partial charge on any atom is -0.342 e. The summed E-state index contributed by atoms with van der Waals surface area (Å²) >= 11 is 0. The molecule has 2 atom stereocenters. The molecule has 11 heteroatoms. The summed E-state index contributed by atoms with van der Waals surface area (Å²) in [7, 11) is -4.08. The second kappa shape index (κ2) is 11.8. The van der Waals surface area contributed by atoms with Crippen LogP contribution in [0.4, 0.5) is 13.2 Å². The first-order valence-corrected chi connectivity index (χ1v) is 14.8. The van der Waals surface area contributed by atoms with Gasteiger partial charge in [-0.05, 0) is 87.0 Å². The number of halogens is 3. The maximum atomic E-state index is 13.0. The van der Waals surface area contributed by atoms with Gasteiger partial charge < -0.3 is 5.32 Å². The van der Waals surface area contributed by atoms with Crippen LogP contribution in [0.1, 0.15) is 73.4 Å². The molecule has 2 aliphatic rings. The number of carbonyl (C=O) groups is 3. The van der Waals surface area contributed by atoms with Crippen LogP contribution in [0.2, 0.25) is 0 Å². The van der Waals surface area contributed by atoms with Crippen molar-refractivity contribution in [1.29, 1.82) is 0 Å². The van der Waals surface area contributed by atoms with Crippen LogP contribution in [0, 0.1) is 0 Å². The van der Waals surface area contributed by atoms with E-state index in [1.54, 1.807) is 0 Å². The highest BCUT2D eigenvalue weighted by molar-refractivity contribution is 8.25. The SMILES string of the molecule is C[C@H](c1ccc2c(c1)CCC[C@H]2NC(=O)C(=O)C(=O)CS(O)(O)c1cccc(C(F)(F)F)c1)N1CCCCC1. The van der Waals surface area contributed by atoms with Crippen molar-refractivity contribution in [2.75, 3.05) is 18.8 Å². The van der Waals surface area contributed by atoms with Gasteiger partial charge in [-0.1, -0.05) is 30.7 Å². The number of ketones is 2. The number of nitrogens with one attached hydrogen (secondary N) is 1. The molecule has 0 radical (unpaired) electrons. The highest BCUT2D eigenvalue weighted by Gasteiger charge is 2.34. The quantitative estimate of drug-likeness (QED) is 0.280. The van der Waals surface area contributed by atoms with Gasteiger partial charge in [0.15, 0.2) is 0 Å². The number of hydrogen-bond acceptors (Lipinski definition) is 6. The van der Waals surface area contributed by atoms with E-state index in [0.29, 0.717) is 12.5 Å². The maximum absolute atomic E-state index is 13.0. The largest absolute Gasteiger partial charge is 0.416 e. The van der Waals surface area contributed by atoms with Crippen molar-refractivity contribution in [2.45, 2.75) is 68.6 Å². The molecule has 0 unspecified atom stereocenters. The molecule has 0 saturated carbocycles. The molecule has 212 valence electrons. The fourth-order valence-electron chi connectivity index (χ4n) is 5.32. The number of aryl methyl sites for hydroxylation is 1. The van der Waals surface area contributed by atoms with Gasteiger partial charge in [0.25, 0.3) is 11.7 Å². The summed E-state index contributed by atoms with van der Waals surface area (Å²) in [5.41, 5.74) is 2.01. The van der Waals surface area contributed by atoms with Crippen molar-refractivity contribution in [3.8, 4) is 0 Å². The number of alkyl halides is 3. The summed E-state index contributed by atoms with van der Waals surface area (Å²) in [6.07, 6.45) is 1.07. The molecule has 1 aliphatic heterocycles. The maximum Gasteiger partial charge on any atom is 0.416 e. The highest BCUT2D eigenvalue weighted by atomic mass is 32.3. The molecule has 1 aliphatic carbocycles. The second-order valence-electron chi connectivity index (χ2n) is 10.2. The fraction of sp³-hybridized carbons (Fsp3) is 0.464. The lowest BCUT2D eigenvalue weighted by atomic mass is 9.85. The van der Waals surface area contributed by atoms with Crippen molar-refractivity contribution < 1.29 is 36.7 Å². The number of piperidine rings is 1. The van der Waals surface area contributed by atoms with Crippen LogP contribution in [0.3, 0.4) is 0 Å². The topological polar surface area (TPSA) is 107 Å². The third-order valence-electron chi connectivity index (χ3n) is 7.54. The Bertz CT molecular complexity index is 1240. The smallest absolute Gasteiger partial charge is 0.342 e. The third kappa shape index (κ3) is 6.89. The molecule has 3 N–H and O–H groups in total. The summed E-state index contributed by atoms with van der Waals surface area (Å²) in [5.74, 6) is -5.21.